The maximum absolute atomic E-state index is 5.30. The van der Waals surface area contributed by atoms with Crippen molar-refractivity contribution in [2.75, 3.05) is 7.05 Å². The summed E-state index contributed by atoms with van der Waals surface area (Å²) in [6.07, 6.45) is 3.45. The summed E-state index contributed by atoms with van der Waals surface area (Å²) < 4.78 is 7.05. The molecule has 0 aliphatic rings. The lowest BCUT2D eigenvalue weighted by molar-refractivity contribution is 0.518. The standard InChI is InChI=1S/C10H14N4O/c1-7-8(4-5-15-7)10(11-2)9-6-12-13-14(9)3/h4-6,10-11H,1-3H3. The molecule has 0 amide bonds. The highest BCUT2D eigenvalue weighted by Crippen LogP contribution is 2.23. The highest BCUT2D eigenvalue weighted by Gasteiger charge is 2.19. The summed E-state index contributed by atoms with van der Waals surface area (Å²) in [4.78, 5) is 0. The van der Waals surface area contributed by atoms with Gasteiger partial charge in [-0.2, -0.15) is 0 Å². The molecule has 0 radical (unpaired) electrons. The first-order valence-corrected chi connectivity index (χ1v) is 4.80. The number of aromatic nitrogens is 3. The number of nitrogens with one attached hydrogen (secondary N) is 1. The minimum atomic E-state index is 0.0729. The number of hydrogen-bond acceptors (Lipinski definition) is 4. The molecule has 80 valence electrons. The Bertz CT molecular complexity index is 405. The number of furan rings is 1. The third-order valence-electron chi connectivity index (χ3n) is 2.54. The number of hydrogen-bond donors (Lipinski definition) is 1. The van der Waals surface area contributed by atoms with Crippen molar-refractivity contribution >= 4 is 0 Å². The zero-order valence-corrected chi connectivity index (χ0v) is 9.06. The molecule has 0 aliphatic heterocycles. The minimum Gasteiger partial charge on any atom is -0.469 e. The van der Waals surface area contributed by atoms with Gasteiger partial charge in [-0.3, -0.25) is 4.68 Å². The van der Waals surface area contributed by atoms with Crippen LogP contribution in [0.1, 0.15) is 23.1 Å². The van der Waals surface area contributed by atoms with Crippen LogP contribution in [0.2, 0.25) is 0 Å². The lowest BCUT2D eigenvalue weighted by Crippen LogP contribution is -2.20. The molecule has 0 bridgehead atoms. The van der Waals surface area contributed by atoms with Crippen LogP contribution < -0.4 is 5.32 Å². The van der Waals surface area contributed by atoms with Crippen molar-refractivity contribution in [1.29, 1.82) is 0 Å². The van der Waals surface area contributed by atoms with E-state index in [1.807, 2.05) is 27.1 Å². The highest BCUT2D eigenvalue weighted by atomic mass is 16.3. The van der Waals surface area contributed by atoms with Gasteiger partial charge in [-0.05, 0) is 20.0 Å². The molecule has 0 aromatic carbocycles. The average Bonchev–Trinajstić information content (AvgIpc) is 2.80. The number of nitrogens with zero attached hydrogens (tertiary/aromatic N) is 3. The summed E-state index contributed by atoms with van der Waals surface area (Å²) in [6.45, 7) is 1.95. The van der Waals surface area contributed by atoms with Gasteiger partial charge in [0.1, 0.15) is 5.76 Å². The van der Waals surface area contributed by atoms with Crippen molar-refractivity contribution in [2.45, 2.75) is 13.0 Å². The van der Waals surface area contributed by atoms with E-state index < -0.39 is 0 Å². The van der Waals surface area contributed by atoms with Crippen LogP contribution in [0, 0.1) is 6.92 Å². The van der Waals surface area contributed by atoms with E-state index in [1.165, 1.54) is 0 Å². The van der Waals surface area contributed by atoms with Crippen LogP contribution in [0.15, 0.2) is 22.9 Å². The van der Waals surface area contributed by atoms with E-state index in [4.69, 9.17) is 4.42 Å². The topological polar surface area (TPSA) is 55.9 Å². The number of aryl methyl sites for hydroxylation is 2. The van der Waals surface area contributed by atoms with E-state index in [-0.39, 0.29) is 6.04 Å². The first kappa shape index (κ1) is 9.92. The lowest BCUT2D eigenvalue weighted by atomic mass is 10.1. The van der Waals surface area contributed by atoms with Crippen molar-refractivity contribution in [1.82, 2.24) is 20.3 Å². The van der Waals surface area contributed by atoms with Crippen LogP contribution in [0.4, 0.5) is 0 Å². The largest absolute Gasteiger partial charge is 0.469 e. The Morgan fingerprint density at radius 2 is 2.33 bits per heavy atom. The third kappa shape index (κ3) is 1.66. The van der Waals surface area contributed by atoms with Crippen LogP contribution in [0.5, 0.6) is 0 Å². The number of rotatable bonds is 3. The van der Waals surface area contributed by atoms with Crippen LogP contribution in [0.3, 0.4) is 0 Å². The summed E-state index contributed by atoms with van der Waals surface area (Å²) in [7, 11) is 3.78. The third-order valence-corrected chi connectivity index (χ3v) is 2.54. The first-order chi connectivity index (χ1) is 7.24. The van der Waals surface area contributed by atoms with E-state index in [0.717, 1.165) is 17.0 Å². The van der Waals surface area contributed by atoms with E-state index >= 15 is 0 Å². The second-order valence-corrected chi connectivity index (χ2v) is 3.44. The van der Waals surface area contributed by atoms with E-state index in [9.17, 15) is 0 Å². The van der Waals surface area contributed by atoms with Gasteiger partial charge in [0.05, 0.1) is 24.2 Å². The molecule has 1 unspecified atom stereocenters. The SMILES string of the molecule is CNC(c1ccoc1C)c1cnnn1C. The molecule has 0 fully saturated rings. The van der Waals surface area contributed by atoms with Crippen molar-refractivity contribution in [2.24, 2.45) is 7.05 Å². The maximum atomic E-state index is 5.30. The fourth-order valence-corrected chi connectivity index (χ4v) is 1.72. The minimum absolute atomic E-state index is 0.0729. The van der Waals surface area contributed by atoms with Crippen molar-refractivity contribution in [3.05, 3.63) is 35.5 Å². The van der Waals surface area contributed by atoms with Gasteiger partial charge in [-0.1, -0.05) is 5.21 Å². The summed E-state index contributed by atoms with van der Waals surface area (Å²) in [5.74, 6) is 0.913. The lowest BCUT2D eigenvalue weighted by Gasteiger charge is -2.14. The predicted octanol–water partition coefficient (Wildman–Crippen LogP) is 1.03. The fourth-order valence-electron chi connectivity index (χ4n) is 1.72. The second-order valence-electron chi connectivity index (χ2n) is 3.44. The van der Waals surface area contributed by atoms with Crippen LogP contribution in [0.25, 0.3) is 0 Å². The van der Waals surface area contributed by atoms with Crippen LogP contribution in [-0.2, 0) is 7.05 Å². The molecule has 1 atom stereocenters. The zero-order valence-electron chi connectivity index (χ0n) is 9.06. The first-order valence-electron chi connectivity index (χ1n) is 4.80. The maximum Gasteiger partial charge on any atom is 0.105 e. The molecule has 0 saturated carbocycles. The Hall–Kier alpha value is -1.62. The molecule has 0 spiro atoms. The molecular formula is C10H14N4O. The Kier molecular flexibility index (Phi) is 2.55. The Labute approximate surface area is 88.1 Å². The van der Waals surface area contributed by atoms with Gasteiger partial charge in [0.25, 0.3) is 0 Å². The molecule has 0 aliphatic carbocycles. The van der Waals surface area contributed by atoms with Crippen LogP contribution in [-0.4, -0.2) is 22.0 Å². The van der Waals surface area contributed by atoms with Crippen molar-refractivity contribution in [3.8, 4) is 0 Å². The van der Waals surface area contributed by atoms with Gasteiger partial charge in [-0.25, -0.2) is 0 Å². The summed E-state index contributed by atoms with van der Waals surface area (Å²) >= 11 is 0. The monoisotopic (exact) mass is 206 g/mol. The van der Waals surface area contributed by atoms with Gasteiger partial charge in [0.2, 0.25) is 0 Å². The summed E-state index contributed by atoms with van der Waals surface area (Å²) in [5, 5.41) is 11.0. The van der Waals surface area contributed by atoms with E-state index in [1.54, 1.807) is 17.1 Å². The predicted molar refractivity (Wildman–Crippen MR) is 55.4 cm³/mol. The molecule has 5 heteroatoms. The second kappa shape index (κ2) is 3.86. The molecule has 2 aromatic rings. The molecule has 5 nitrogen and oxygen atoms in total. The fraction of sp³-hybridized carbons (Fsp3) is 0.400. The molecule has 2 heterocycles. The van der Waals surface area contributed by atoms with Gasteiger partial charge >= 0.3 is 0 Å². The zero-order chi connectivity index (χ0) is 10.8. The van der Waals surface area contributed by atoms with Crippen molar-refractivity contribution < 1.29 is 4.42 Å². The Balaban J connectivity index is 2.41. The van der Waals surface area contributed by atoms with E-state index in [0.29, 0.717) is 0 Å². The van der Waals surface area contributed by atoms with Gasteiger partial charge in [0, 0.05) is 12.6 Å². The van der Waals surface area contributed by atoms with E-state index in [2.05, 4.69) is 15.6 Å². The molecule has 2 rings (SSSR count). The Morgan fingerprint density at radius 1 is 1.53 bits per heavy atom. The average molecular weight is 206 g/mol. The molecule has 15 heavy (non-hydrogen) atoms. The molecular weight excluding hydrogens is 192 g/mol. The Morgan fingerprint density at radius 3 is 2.80 bits per heavy atom. The normalized spacial score (nSPS) is 13.0. The molecule has 0 saturated heterocycles. The van der Waals surface area contributed by atoms with Gasteiger partial charge in [-0.15, -0.1) is 5.10 Å². The van der Waals surface area contributed by atoms with Gasteiger partial charge < -0.3 is 9.73 Å². The summed E-state index contributed by atoms with van der Waals surface area (Å²) in [5.41, 5.74) is 2.13. The quantitative estimate of drug-likeness (QED) is 0.814. The smallest absolute Gasteiger partial charge is 0.105 e. The highest BCUT2D eigenvalue weighted by molar-refractivity contribution is 5.27. The van der Waals surface area contributed by atoms with Crippen LogP contribution >= 0.6 is 0 Å². The van der Waals surface area contributed by atoms with Gasteiger partial charge in [0.15, 0.2) is 0 Å². The summed E-state index contributed by atoms with van der Waals surface area (Å²) in [6, 6.07) is 2.03. The molecule has 2 aromatic heterocycles. The van der Waals surface area contributed by atoms with Crippen molar-refractivity contribution in [3.63, 3.8) is 0 Å². The molecule has 1 N–H and O–H groups in total.